The zero-order valence-corrected chi connectivity index (χ0v) is 21.1. The number of amides is 1. The summed E-state index contributed by atoms with van der Waals surface area (Å²) in [5.41, 5.74) is 3.12. The van der Waals surface area contributed by atoms with Gasteiger partial charge in [-0.2, -0.15) is 0 Å². The van der Waals surface area contributed by atoms with E-state index >= 15 is 0 Å². The van der Waals surface area contributed by atoms with Gasteiger partial charge in [0.05, 0.1) is 10.3 Å². The van der Waals surface area contributed by atoms with Gasteiger partial charge in [-0.15, -0.1) is 0 Å². The lowest BCUT2D eigenvalue weighted by Gasteiger charge is -2.36. The molecule has 1 fully saturated rings. The Kier molecular flexibility index (Phi) is 6.48. The van der Waals surface area contributed by atoms with Gasteiger partial charge in [0.1, 0.15) is 0 Å². The van der Waals surface area contributed by atoms with Gasteiger partial charge >= 0.3 is 0 Å². The number of nitrogens with one attached hydrogen (secondary N) is 1. The van der Waals surface area contributed by atoms with Crippen LogP contribution in [0, 0.1) is 6.92 Å². The van der Waals surface area contributed by atoms with Crippen LogP contribution in [0.3, 0.4) is 0 Å². The van der Waals surface area contributed by atoms with Crippen molar-refractivity contribution in [1.82, 2.24) is 9.62 Å². The average Bonchev–Trinajstić information content (AvgIpc) is 2.96. The summed E-state index contributed by atoms with van der Waals surface area (Å²) in [7, 11) is -1.95. The fourth-order valence-corrected chi connectivity index (χ4v) is 5.89. The third kappa shape index (κ3) is 4.62. The number of sulfonamides is 1. The molecule has 0 unspecified atom stereocenters. The zero-order valence-electron chi connectivity index (χ0n) is 19.6. The van der Waals surface area contributed by atoms with Gasteiger partial charge in [0.25, 0.3) is 0 Å². The van der Waals surface area contributed by atoms with E-state index in [0.717, 1.165) is 48.1 Å². The van der Waals surface area contributed by atoms with Crippen molar-refractivity contribution in [2.75, 3.05) is 56.1 Å². The van der Waals surface area contributed by atoms with E-state index < -0.39 is 15.4 Å². The normalized spacial score (nSPS) is 18.6. The van der Waals surface area contributed by atoms with E-state index in [2.05, 4.69) is 21.4 Å². The van der Waals surface area contributed by atoms with Gasteiger partial charge in [0.2, 0.25) is 15.9 Å². The molecule has 9 heteroatoms. The molecule has 2 aliphatic rings. The summed E-state index contributed by atoms with van der Waals surface area (Å²) in [6.07, 6.45) is 0. The van der Waals surface area contributed by atoms with Crippen molar-refractivity contribution in [2.24, 2.45) is 0 Å². The van der Waals surface area contributed by atoms with Gasteiger partial charge in [-0.25, -0.2) is 13.1 Å². The van der Waals surface area contributed by atoms with Crippen molar-refractivity contribution in [2.45, 2.75) is 31.1 Å². The first-order valence-corrected chi connectivity index (χ1v) is 13.0. The van der Waals surface area contributed by atoms with Gasteiger partial charge in [0, 0.05) is 62.7 Å². The number of fused-ring (bicyclic) bond motifs is 1. The molecule has 0 radical (unpaired) electrons. The molecule has 1 saturated heterocycles. The molecular weight excluding hydrogens is 460 g/mol. The molecular formula is C24H31ClN4O3S. The maximum atomic E-state index is 12.9. The van der Waals surface area contributed by atoms with E-state index in [-0.39, 0.29) is 10.8 Å². The third-order valence-electron chi connectivity index (χ3n) is 6.76. The van der Waals surface area contributed by atoms with Crippen LogP contribution in [0.25, 0.3) is 0 Å². The minimum atomic E-state index is -3.66. The lowest BCUT2D eigenvalue weighted by molar-refractivity contribution is -0.121. The number of likely N-dealkylation sites (N-methyl/N-ethyl adjacent to an activating group) is 1. The number of hydrogen-bond donors (Lipinski definition) is 1. The van der Waals surface area contributed by atoms with E-state index in [1.54, 1.807) is 30.1 Å². The number of carbonyl (C=O) groups is 1. The van der Waals surface area contributed by atoms with Crippen molar-refractivity contribution in [3.8, 4) is 0 Å². The first-order chi connectivity index (χ1) is 15.5. The maximum absolute atomic E-state index is 12.9. The second kappa shape index (κ2) is 8.91. The van der Waals surface area contributed by atoms with Gasteiger partial charge < -0.3 is 9.80 Å². The molecule has 0 spiro atoms. The van der Waals surface area contributed by atoms with Crippen molar-refractivity contribution in [3.63, 3.8) is 0 Å². The second-order valence-corrected chi connectivity index (χ2v) is 11.5. The first kappa shape index (κ1) is 24.0. The predicted octanol–water partition coefficient (Wildman–Crippen LogP) is 3.00. The molecule has 1 N–H and O–H groups in total. The van der Waals surface area contributed by atoms with E-state index in [1.165, 1.54) is 5.56 Å². The monoisotopic (exact) mass is 490 g/mol. The molecule has 0 aromatic heterocycles. The molecule has 0 aliphatic carbocycles. The topological polar surface area (TPSA) is 73.0 Å². The smallest absolute Gasteiger partial charge is 0.240 e. The highest BCUT2D eigenvalue weighted by Crippen LogP contribution is 2.41. The predicted molar refractivity (Wildman–Crippen MR) is 133 cm³/mol. The number of carbonyl (C=O) groups excluding carboxylic acids is 1. The summed E-state index contributed by atoms with van der Waals surface area (Å²) in [4.78, 5) is 18.9. The van der Waals surface area contributed by atoms with Crippen LogP contribution in [0.4, 0.5) is 11.4 Å². The molecule has 1 amide bonds. The molecule has 33 heavy (non-hydrogen) atoms. The van der Waals surface area contributed by atoms with E-state index in [4.69, 9.17) is 11.6 Å². The van der Waals surface area contributed by atoms with Gasteiger partial charge in [0.15, 0.2) is 0 Å². The summed E-state index contributed by atoms with van der Waals surface area (Å²) in [5.74, 6) is -0.0351. The summed E-state index contributed by atoms with van der Waals surface area (Å²) in [6, 6.07) is 10.9. The molecule has 7 nitrogen and oxygen atoms in total. The number of halogens is 1. The SMILES string of the molecule is Cc1ccc(Cl)cc1N1CCN(CCNS(=O)(=O)c2ccc3c(c2)C(C)(C)C(=O)N3C)CC1. The van der Waals surface area contributed by atoms with Crippen LogP contribution in [0.1, 0.15) is 25.0 Å². The van der Waals surface area contributed by atoms with Crippen LogP contribution in [-0.2, 0) is 20.2 Å². The Morgan fingerprint density at radius 3 is 2.42 bits per heavy atom. The Hall–Kier alpha value is -2.13. The Labute approximate surface area is 201 Å². The van der Waals surface area contributed by atoms with Gasteiger partial charge in [-0.3, -0.25) is 9.69 Å². The quantitative estimate of drug-likeness (QED) is 0.674. The Morgan fingerprint density at radius 2 is 1.73 bits per heavy atom. The van der Waals surface area contributed by atoms with Crippen molar-refractivity contribution < 1.29 is 13.2 Å². The number of rotatable bonds is 6. The van der Waals surface area contributed by atoms with Gasteiger partial charge in [-0.05, 0) is 62.2 Å². The molecule has 0 bridgehead atoms. The van der Waals surface area contributed by atoms with Crippen molar-refractivity contribution in [3.05, 3.63) is 52.5 Å². The molecule has 4 rings (SSSR count). The fourth-order valence-electron chi connectivity index (χ4n) is 4.68. The molecule has 0 saturated carbocycles. The molecule has 178 valence electrons. The minimum Gasteiger partial charge on any atom is -0.369 e. The third-order valence-corrected chi connectivity index (χ3v) is 8.45. The number of hydrogen-bond acceptors (Lipinski definition) is 5. The first-order valence-electron chi connectivity index (χ1n) is 11.2. The van der Waals surface area contributed by atoms with Crippen molar-refractivity contribution >= 4 is 38.9 Å². The summed E-state index contributed by atoms with van der Waals surface area (Å²) in [5, 5.41) is 0.735. The lowest BCUT2D eigenvalue weighted by atomic mass is 9.86. The average molecular weight is 491 g/mol. The molecule has 2 aromatic rings. The van der Waals surface area contributed by atoms with Crippen LogP contribution >= 0.6 is 11.6 Å². The number of piperazine rings is 1. The summed E-state index contributed by atoms with van der Waals surface area (Å²) < 4.78 is 28.5. The minimum absolute atomic E-state index is 0.0351. The molecule has 0 atom stereocenters. The molecule has 2 aromatic carbocycles. The Bertz CT molecular complexity index is 1170. The van der Waals surface area contributed by atoms with E-state index in [9.17, 15) is 13.2 Å². The second-order valence-electron chi connectivity index (χ2n) is 9.33. The molecule has 2 heterocycles. The number of anilines is 2. The Balaban J connectivity index is 1.34. The number of aryl methyl sites for hydroxylation is 1. The molecule has 2 aliphatic heterocycles. The van der Waals surface area contributed by atoms with Crippen LogP contribution in [0.15, 0.2) is 41.3 Å². The van der Waals surface area contributed by atoms with E-state index in [0.29, 0.717) is 13.1 Å². The zero-order chi connectivity index (χ0) is 24.0. The summed E-state index contributed by atoms with van der Waals surface area (Å²) in [6.45, 7) is 10.2. The standard InChI is InChI=1S/C24H31ClN4O3S/c1-17-5-6-18(25)15-22(17)29-13-11-28(12-14-29)10-9-26-33(31,32)19-7-8-21-20(16-19)24(2,3)23(30)27(21)4/h5-8,15-16,26H,9-14H2,1-4H3. The summed E-state index contributed by atoms with van der Waals surface area (Å²) >= 11 is 6.17. The fraction of sp³-hybridized carbons (Fsp3) is 0.458. The maximum Gasteiger partial charge on any atom is 0.240 e. The highest BCUT2D eigenvalue weighted by molar-refractivity contribution is 7.89. The van der Waals surface area contributed by atoms with Crippen LogP contribution in [-0.4, -0.2) is 65.5 Å². The van der Waals surface area contributed by atoms with Crippen molar-refractivity contribution in [1.29, 1.82) is 0 Å². The number of nitrogens with zero attached hydrogens (tertiary/aromatic N) is 3. The van der Waals surface area contributed by atoms with E-state index in [1.807, 2.05) is 32.0 Å². The highest BCUT2D eigenvalue weighted by atomic mass is 35.5. The number of benzene rings is 2. The Morgan fingerprint density at radius 1 is 1.03 bits per heavy atom. The van der Waals surface area contributed by atoms with Crippen LogP contribution in [0.5, 0.6) is 0 Å². The highest BCUT2D eigenvalue weighted by Gasteiger charge is 2.42. The van der Waals surface area contributed by atoms with Crippen LogP contribution < -0.4 is 14.5 Å². The van der Waals surface area contributed by atoms with Crippen LogP contribution in [0.2, 0.25) is 5.02 Å². The largest absolute Gasteiger partial charge is 0.369 e. The van der Waals surface area contributed by atoms with Gasteiger partial charge in [-0.1, -0.05) is 17.7 Å². The lowest BCUT2D eigenvalue weighted by Crippen LogP contribution is -2.48.